The standard InChI is InChI=1S/C7H5N3OS.K/c12-7-10-9-6(11-7)5-3-1-2-4-8-5;/h1-4H,(H,10,12);. The molecule has 1 N–H and O–H groups in total. The molecule has 2 aromatic heterocycles. The Bertz CT molecular complexity index is 425. The van der Waals surface area contributed by atoms with E-state index in [-0.39, 0.29) is 56.2 Å². The van der Waals surface area contributed by atoms with Gasteiger partial charge in [0, 0.05) is 57.6 Å². The first-order chi connectivity index (χ1) is 5.86. The molecule has 2 aromatic rings. The molecule has 2 rings (SSSR count). The molecule has 0 spiro atoms. The van der Waals surface area contributed by atoms with Crippen LogP contribution in [0.25, 0.3) is 11.6 Å². The molecule has 13 heavy (non-hydrogen) atoms. The maximum Gasteiger partial charge on any atom is 0.284 e. The van der Waals surface area contributed by atoms with Crippen LogP contribution in [0.1, 0.15) is 0 Å². The van der Waals surface area contributed by atoms with Gasteiger partial charge in [0.1, 0.15) is 5.69 Å². The Kier molecular flexibility index (Phi) is 4.43. The summed E-state index contributed by atoms with van der Waals surface area (Å²) in [5.74, 6) is 0.417. The molecule has 1 radical (unpaired) electrons. The molecule has 0 atom stereocenters. The van der Waals surface area contributed by atoms with E-state index in [0.29, 0.717) is 11.6 Å². The van der Waals surface area contributed by atoms with Crippen molar-refractivity contribution in [3.63, 3.8) is 0 Å². The van der Waals surface area contributed by atoms with Crippen molar-refractivity contribution in [1.29, 1.82) is 0 Å². The Balaban J connectivity index is 0.000000845. The van der Waals surface area contributed by atoms with Gasteiger partial charge in [0.15, 0.2) is 0 Å². The zero-order valence-electron chi connectivity index (χ0n) is 7.02. The van der Waals surface area contributed by atoms with Crippen molar-refractivity contribution >= 4 is 63.6 Å². The van der Waals surface area contributed by atoms with Crippen molar-refractivity contribution in [3.05, 3.63) is 29.2 Å². The Morgan fingerprint density at radius 3 is 2.77 bits per heavy atom. The number of nitrogens with one attached hydrogen (secondary N) is 1. The number of H-pyrrole nitrogens is 1. The summed E-state index contributed by atoms with van der Waals surface area (Å²) in [4.78, 5) is 4.30. The van der Waals surface area contributed by atoms with E-state index < -0.39 is 0 Å². The number of aromatic amines is 1. The van der Waals surface area contributed by atoms with Gasteiger partial charge in [0.25, 0.3) is 10.7 Å². The van der Waals surface area contributed by atoms with Crippen LogP contribution in [0.3, 0.4) is 0 Å². The number of hydrogen-bond acceptors (Lipinski definition) is 4. The van der Waals surface area contributed by atoms with Gasteiger partial charge >= 0.3 is 0 Å². The minimum absolute atomic E-state index is 0. The summed E-state index contributed by atoms with van der Waals surface area (Å²) in [7, 11) is 0. The molecule has 0 saturated carbocycles. The normalized spacial score (nSPS) is 9.23. The van der Waals surface area contributed by atoms with Gasteiger partial charge in [-0.3, -0.25) is 4.98 Å². The second-order valence-electron chi connectivity index (χ2n) is 2.13. The fourth-order valence-corrected chi connectivity index (χ4v) is 0.953. The maximum atomic E-state index is 5.06. The Labute approximate surface area is 122 Å². The molecule has 0 aliphatic rings. The Morgan fingerprint density at radius 2 is 2.23 bits per heavy atom. The van der Waals surface area contributed by atoms with Crippen molar-refractivity contribution < 1.29 is 4.42 Å². The van der Waals surface area contributed by atoms with Crippen LogP contribution in [0.5, 0.6) is 0 Å². The van der Waals surface area contributed by atoms with Crippen LogP contribution < -0.4 is 0 Å². The van der Waals surface area contributed by atoms with E-state index in [0.717, 1.165) is 0 Å². The third kappa shape index (κ3) is 2.80. The van der Waals surface area contributed by atoms with E-state index in [1.165, 1.54) is 0 Å². The molecule has 0 amide bonds. The maximum absolute atomic E-state index is 5.06. The van der Waals surface area contributed by atoms with Crippen LogP contribution in [-0.4, -0.2) is 66.6 Å². The van der Waals surface area contributed by atoms with Gasteiger partial charge in [-0.1, -0.05) is 6.07 Å². The van der Waals surface area contributed by atoms with Crippen LogP contribution in [0.2, 0.25) is 0 Å². The molecule has 2 heterocycles. The van der Waals surface area contributed by atoms with E-state index in [1.54, 1.807) is 12.3 Å². The largest absolute Gasteiger partial charge is 0.408 e. The third-order valence-electron chi connectivity index (χ3n) is 1.32. The van der Waals surface area contributed by atoms with Gasteiger partial charge in [0.2, 0.25) is 0 Å². The minimum Gasteiger partial charge on any atom is -0.408 e. The average Bonchev–Trinajstić information content (AvgIpc) is 2.54. The predicted octanol–water partition coefficient (Wildman–Crippen LogP) is 1.41. The molecule has 0 aliphatic carbocycles. The minimum atomic E-state index is 0. The number of aromatic nitrogens is 3. The number of hydrogen-bond donors (Lipinski definition) is 1. The van der Waals surface area contributed by atoms with Crippen LogP contribution in [0.4, 0.5) is 0 Å². The van der Waals surface area contributed by atoms with Crippen LogP contribution in [-0.2, 0) is 0 Å². The van der Waals surface area contributed by atoms with Gasteiger partial charge < -0.3 is 4.42 Å². The van der Waals surface area contributed by atoms with E-state index in [4.69, 9.17) is 16.6 Å². The third-order valence-corrected chi connectivity index (χ3v) is 1.50. The van der Waals surface area contributed by atoms with Crippen molar-refractivity contribution in [2.24, 2.45) is 0 Å². The van der Waals surface area contributed by atoms with E-state index >= 15 is 0 Å². The molecule has 0 fully saturated rings. The van der Waals surface area contributed by atoms with Gasteiger partial charge in [-0.25, -0.2) is 5.10 Å². The monoisotopic (exact) mass is 218 g/mol. The van der Waals surface area contributed by atoms with Gasteiger partial charge in [-0.15, -0.1) is 5.10 Å². The number of pyridine rings is 1. The summed E-state index contributed by atoms with van der Waals surface area (Å²) in [5.41, 5.74) is 0.671. The molecule has 0 bridgehead atoms. The molecule has 0 aliphatic heterocycles. The van der Waals surface area contributed by atoms with E-state index in [2.05, 4.69) is 15.2 Å². The molecule has 0 saturated heterocycles. The quantitative estimate of drug-likeness (QED) is 0.581. The van der Waals surface area contributed by atoms with Crippen LogP contribution in [0, 0.1) is 4.84 Å². The van der Waals surface area contributed by atoms with Crippen LogP contribution >= 0.6 is 12.2 Å². The number of rotatable bonds is 1. The fraction of sp³-hybridized carbons (Fsp3) is 0. The second kappa shape index (κ2) is 5.13. The SMILES string of the molecule is S=c1[nH]nc(-c2ccccn2)o1.[K]. The van der Waals surface area contributed by atoms with Crippen molar-refractivity contribution in [3.8, 4) is 11.6 Å². The zero-order chi connectivity index (χ0) is 8.39. The van der Waals surface area contributed by atoms with Crippen molar-refractivity contribution in [1.82, 2.24) is 15.2 Å². The Morgan fingerprint density at radius 1 is 1.38 bits per heavy atom. The predicted molar refractivity (Wildman–Crippen MR) is 50.7 cm³/mol. The van der Waals surface area contributed by atoms with Gasteiger partial charge in [-0.05, 0) is 24.4 Å². The van der Waals surface area contributed by atoms with E-state index in [1.807, 2.05) is 12.1 Å². The van der Waals surface area contributed by atoms with Crippen LogP contribution in [0.15, 0.2) is 28.8 Å². The summed E-state index contributed by atoms with van der Waals surface area (Å²) >= 11 is 4.72. The topological polar surface area (TPSA) is 54.7 Å². The second-order valence-corrected chi connectivity index (χ2v) is 2.50. The summed E-state index contributed by atoms with van der Waals surface area (Å²) < 4.78 is 5.06. The summed E-state index contributed by atoms with van der Waals surface area (Å²) in [5, 5.41) is 6.35. The Hall–Kier alpha value is 0.146. The van der Waals surface area contributed by atoms with Crippen molar-refractivity contribution in [2.45, 2.75) is 0 Å². The summed E-state index contributed by atoms with van der Waals surface area (Å²) in [6.45, 7) is 0. The first kappa shape index (κ1) is 11.2. The molecule has 61 valence electrons. The number of nitrogens with zero attached hydrogens (tertiary/aromatic N) is 2. The molecule has 0 unspecified atom stereocenters. The van der Waals surface area contributed by atoms with Crippen molar-refractivity contribution in [2.75, 3.05) is 0 Å². The zero-order valence-corrected chi connectivity index (χ0v) is 11.0. The molecular weight excluding hydrogens is 213 g/mol. The summed E-state index contributed by atoms with van der Waals surface area (Å²) in [6, 6.07) is 5.48. The molecule has 0 aromatic carbocycles. The molecule has 4 nitrogen and oxygen atoms in total. The smallest absolute Gasteiger partial charge is 0.284 e. The summed E-state index contributed by atoms with van der Waals surface area (Å²) in [6.07, 6.45) is 1.67. The van der Waals surface area contributed by atoms with Gasteiger partial charge in [0.05, 0.1) is 0 Å². The van der Waals surface area contributed by atoms with E-state index in [9.17, 15) is 0 Å². The average molecular weight is 218 g/mol. The van der Waals surface area contributed by atoms with Gasteiger partial charge in [-0.2, -0.15) is 0 Å². The first-order valence-corrected chi connectivity index (χ1v) is 3.74. The first-order valence-electron chi connectivity index (χ1n) is 3.33. The fourth-order valence-electron chi connectivity index (χ4n) is 0.829. The molecular formula is C7H5KN3OS. The molecule has 6 heteroatoms.